The lowest BCUT2D eigenvalue weighted by Crippen LogP contribution is -2.08. The Balaban J connectivity index is 1.90. The Morgan fingerprint density at radius 1 is 1.10 bits per heavy atom. The summed E-state index contributed by atoms with van der Waals surface area (Å²) in [5.74, 6) is 0.892. The summed E-state index contributed by atoms with van der Waals surface area (Å²) >= 11 is 3.37. The van der Waals surface area contributed by atoms with Crippen LogP contribution in [0, 0.1) is 0 Å². The van der Waals surface area contributed by atoms with E-state index in [4.69, 9.17) is 4.74 Å². The smallest absolute Gasteiger partial charge is 0.232 e. The summed E-state index contributed by atoms with van der Waals surface area (Å²) in [6, 6.07) is 13.4. The minimum absolute atomic E-state index is 0.0806. The summed E-state index contributed by atoms with van der Waals surface area (Å²) in [7, 11) is 3.98. The lowest BCUT2D eigenvalue weighted by atomic mass is 10.1. The van der Waals surface area contributed by atoms with Gasteiger partial charge in [0.05, 0.1) is 5.56 Å². The number of anilines is 1. The SMILES string of the molecule is CN(C)c1ccc(/C=C2\Oc3ccc(Br)cc3C2=O)cc1. The van der Waals surface area contributed by atoms with E-state index in [1.807, 2.05) is 49.3 Å². The molecular weight excluding hydrogens is 330 g/mol. The zero-order chi connectivity index (χ0) is 15.0. The monoisotopic (exact) mass is 343 g/mol. The quantitative estimate of drug-likeness (QED) is 0.767. The van der Waals surface area contributed by atoms with Crippen molar-refractivity contribution in [3.63, 3.8) is 0 Å². The van der Waals surface area contributed by atoms with Gasteiger partial charge < -0.3 is 9.64 Å². The molecule has 0 saturated carbocycles. The first-order valence-corrected chi connectivity index (χ1v) is 7.35. The van der Waals surface area contributed by atoms with Gasteiger partial charge in [-0.3, -0.25) is 4.79 Å². The first-order valence-electron chi connectivity index (χ1n) is 6.56. The molecular formula is C17H14BrNO2. The Labute approximate surface area is 132 Å². The molecule has 0 fully saturated rings. The van der Waals surface area contributed by atoms with E-state index in [1.54, 1.807) is 18.2 Å². The Bertz CT molecular complexity index is 733. The van der Waals surface area contributed by atoms with Gasteiger partial charge in [0.1, 0.15) is 5.75 Å². The van der Waals surface area contributed by atoms with Crippen molar-refractivity contribution in [1.82, 2.24) is 0 Å². The fraction of sp³-hybridized carbons (Fsp3) is 0.118. The number of nitrogens with zero attached hydrogens (tertiary/aromatic N) is 1. The molecule has 3 rings (SSSR count). The fourth-order valence-electron chi connectivity index (χ4n) is 2.18. The van der Waals surface area contributed by atoms with Crippen molar-refractivity contribution in [2.24, 2.45) is 0 Å². The summed E-state index contributed by atoms with van der Waals surface area (Å²) < 4.78 is 6.51. The first-order chi connectivity index (χ1) is 10.0. The van der Waals surface area contributed by atoms with Crippen LogP contribution in [-0.4, -0.2) is 19.9 Å². The van der Waals surface area contributed by atoms with Crippen molar-refractivity contribution in [3.8, 4) is 5.75 Å². The number of halogens is 1. The molecule has 0 unspecified atom stereocenters. The van der Waals surface area contributed by atoms with Crippen molar-refractivity contribution < 1.29 is 9.53 Å². The zero-order valence-electron chi connectivity index (χ0n) is 11.8. The lowest BCUT2D eigenvalue weighted by Gasteiger charge is -2.11. The number of rotatable bonds is 2. The average Bonchev–Trinajstić information content (AvgIpc) is 2.76. The van der Waals surface area contributed by atoms with E-state index in [0.29, 0.717) is 17.1 Å². The number of allylic oxidation sites excluding steroid dienone is 1. The van der Waals surface area contributed by atoms with Crippen LogP contribution in [0.15, 0.2) is 52.7 Å². The predicted octanol–water partition coefficient (Wildman–Crippen LogP) is 4.13. The Hall–Kier alpha value is -2.07. The van der Waals surface area contributed by atoms with Crippen LogP contribution in [0.2, 0.25) is 0 Å². The van der Waals surface area contributed by atoms with Crippen molar-refractivity contribution in [3.05, 3.63) is 63.8 Å². The van der Waals surface area contributed by atoms with Crippen molar-refractivity contribution in [2.75, 3.05) is 19.0 Å². The maximum absolute atomic E-state index is 12.3. The highest BCUT2D eigenvalue weighted by molar-refractivity contribution is 9.10. The number of Topliss-reactive ketones (excluding diaryl/α,β-unsaturated/α-hetero) is 1. The second-order valence-corrected chi connectivity index (χ2v) is 5.98. The molecule has 4 heteroatoms. The molecule has 0 spiro atoms. The maximum Gasteiger partial charge on any atom is 0.232 e. The fourth-order valence-corrected chi connectivity index (χ4v) is 2.54. The highest BCUT2D eigenvalue weighted by Gasteiger charge is 2.27. The number of carbonyl (C=O) groups is 1. The van der Waals surface area contributed by atoms with Gasteiger partial charge in [0.25, 0.3) is 0 Å². The topological polar surface area (TPSA) is 29.5 Å². The molecule has 0 radical (unpaired) electrons. The summed E-state index contributed by atoms with van der Waals surface area (Å²) in [5.41, 5.74) is 2.65. The molecule has 0 atom stereocenters. The van der Waals surface area contributed by atoms with Crippen molar-refractivity contribution in [1.29, 1.82) is 0 Å². The number of hydrogen-bond acceptors (Lipinski definition) is 3. The van der Waals surface area contributed by atoms with Gasteiger partial charge in [-0.1, -0.05) is 28.1 Å². The van der Waals surface area contributed by atoms with Gasteiger partial charge in [-0.05, 0) is 42.0 Å². The highest BCUT2D eigenvalue weighted by Crippen LogP contribution is 2.33. The number of ketones is 1. The summed E-state index contributed by atoms with van der Waals surface area (Å²) in [6.45, 7) is 0. The Morgan fingerprint density at radius 2 is 1.81 bits per heavy atom. The van der Waals surface area contributed by atoms with Gasteiger partial charge in [0.15, 0.2) is 5.76 Å². The highest BCUT2D eigenvalue weighted by atomic mass is 79.9. The van der Waals surface area contributed by atoms with Gasteiger partial charge in [-0.25, -0.2) is 0 Å². The van der Waals surface area contributed by atoms with E-state index in [2.05, 4.69) is 15.9 Å². The average molecular weight is 344 g/mol. The molecule has 0 aliphatic carbocycles. The molecule has 0 aromatic heterocycles. The molecule has 0 amide bonds. The van der Waals surface area contributed by atoms with Gasteiger partial charge >= 0.3 is 0 Å². The standard InChI is InChI=1S/C17H14BrNO2/c1-19(2)13-6-3-11(4-7-13)9-16-17(20)14-10-12(18)5-8-15(14)21-16/h3-10H,1-2H3/b16-9-. The Kier molecular flexibility index (Phi) is 3.55. The molecule has 1 aliphatic heterocycles. The van der Waals surface area contributed by atoms with Gasteiger partial charge in [0.2, 0.25) is 5.78 Å². The van der Waals surface area contributed by atoms with Gasteiger partial charge in [-0.2, -0.15) is 0 Å². The van der Waals surface area contributed by atoms with E-state index >= 15 is 0 Å². The summed E-state index contributed by atoms with van der Waals surface area (Å²) in [5, 5.41) is 0. The van der Waals surface area contributed by atoms with Crippen LogP contribution in [0.4, 0.5) is 5.69 Å². The number of benzene rings is 2. The molecule has 2 aromatic carbocycles. The van der Waals surface area contributed by atoms with Crippen LogP contribution >= 0.6 is 15.9 Å². The van der Waals surface area contributed by atoms with E-state index in [0.717, 1.165) is 15.7 Å². The van der Waals surface area contributed by atoms with E-state index in [1.165, 1.54) is 0 Å². The third-order valence-electron chi connectivity index (χ3n) is 3.34. The molecule has 2 aromatic rings. The summed E-state index contributed by atoms with van der Waals surface area (Å²) in [6.07, 6.45) is 1.77. The number of ether oxygens (including phenoxy) is 1. The molecule has 0 N–H and O–H groups in total. The molecule has 1 heterocycles. The lowest BCUT2D eigenvalue weighted by molar-refractivity contribution is 0.101. The maximum atomic E-state index is 12.3. The van der Waals surface area contributed by atoms with Crippen LogP contribution in [-0.2, 0) is 0 Å². The number of fused-ring (bicyclic) bond motifs is 1. The number of carbonyl (C=O) groups excluding carboxylic acids is 1. The zero-order valence-corrected chi connectivity index (χ0v) is 13.3. The third-order valence-corrected chi connectivity index (χ3v) is 3.83. The van der Waals surface area contributed by atoms with Crippen molar-refractivity contribution in [2.45, 2.75) is 0 Å². The second-order valence-electron chi connectivity index (χ2n) is 5.07. The first kappa shape index (κ1) is 13.9. The molecule has 0 bridgehead atoms. The largest absolute Gasteiger partial charge is 0.452 e. The van der Waals surface area contributed by atoms with E-state index < -0.39 is 0 Å². The second kappa shape index (κ2) is 5.37. The normalized spacial score (nSPS) is 15.0. The third kappa shape index (κ3) is 2.72. The van der Waals surface area contributed by atoms with Crippen LogP contribution in [0.5, 0.6) is 5.75 Å². The predicted molar refractivity (Wildman–Crippen MR) is 87.8 cm³/mol. The van der Waals surface area contributed by atoms with Crippen molar-refractivity contribution >= 4 is 33.5 Å². The van der Waals surface area contributed by atoms with Gasteiger partial charge in [-0.15, -0.1) is 0 Å². The van der Waals surface area contributed by atoms with Crippen LogP contribution < -0.4 is 9.64 Å². The van der Waals surface area contributed by atoms with E-state index in [9.17, 15) is 4.79 Å². The molecule has 1 aliphatic rings. The molecule has 3 nitrogen and oxygen atoms in total. The van der Waals surface area contributed by atoms with Crippen LogP contribution in [0.3, 0.4) is 0 Å². The Morgan fingerprint density at radius 3 is 2.48 bits per heavy atom. The molecule has 106 valence electrons. The number of hydrogen-bond donors (Lipinski definition) is 0. The summed E-state index contributed by atoms with van der Waals surface area (Å²) in [4.78, 5) is 14.3. The molecule has 21 heavy (non-hydrogen) atoms. The van der Waals surface area contributed by atoms with Crippen LogP contribution in [0.1, 0.15) is 15.9 Å². The van der Waals surface area contributed by atoms with E-state index in [-0.39, 0.29) is 5.78 Å². The van der Waals surface area contributed by atoms with Gasteiger partial charge in [0, 0.05) is 24.3 Å². The van der Waals surface area contributed by atoms with Crippen LogP contribution in [0.25, 0.3) is 6.08 Å². The minimum atomic E-state index is -0.0806. The minimum Gasteiger partial charge on any atom is -0.452 e. The molecule has 0 saturated heterocycles.